The first-order valence-corrected chi connectivity index (χ1v) is 4.38. The number of rotatable bonds is 2. The summed E-state index contributed by atoms with van der Waals surface area (Å²) in [5.41, 5.74) is 0. The Kier molecular flexibility index (Phi) is 3.44. The zero-order chi connectivity index (χ0) is 6.73. The summed E-state index contributed by atoms with van der Waals surface area (Å²) in [5.74, 6) is 0. The molecule has 0 spiro atoms. The van der Waals surface area contributed by atoms with E-state index < -0.39 is 23.8 Å². The van der Waals surface area contributed by atoms with Crippen LogP contribution in [0.5, 0.6) is 0 Å². The quantitative estimate of drug-likeness (QED) is 0.319. The van der Waals surface area contributed by atoms with Crippen LogP contribution in [-0.2, 0) is 15.6 Å². The van der Waals surface area contributed by atoms with Gasteiger partial charge in [-0.25, -0.2) is 0 Å². The van der Waals surface area contributed by atoms with Crippen LogP contribution in [-0.4, -0.2) is 21.3 Å². The fraction of sp³-hybridized carbons (Fsp3) is 1.00. The molecule has 6 heteroatoms. The van der Waals surface area contributed by atoms with Gasteiger partial charge in [-0.3, -0.25) is 4.21 Å². The van der Waals surface area contributed by atoms with Crippen molar-refractivity contribution < 1.29 is 13.3 Å². The minimum Gasteiger partial charge on any atom is -0.769 e. The average molecular weight is 150 g/mol. The van der Waals surface area contributed by atoms with Crippen LogP contribution in [0.3, 0.4) is 0 Å². The van der Waals surface area contributed by atoms with Crippen molar-refractivity contribution >= 4 is 26.3 Å². The molecule has 0 aliphatic rings. The minimum absolute atomic E-state index is 0.926. The normalized spacial score (nSPS) is 19.5. The Bertz CT molecular complexity index is 112. The number of hydrogen-bond acceptors (Lipinski definition) is 3. The van der Waals surface area contributed by atoms with E-state index in [1.165, 1.54) is 6.92 Å². The fourth-order valence-electron chi connectivity index (χ4n) is 0.0848. The molecule has 0 aromatic rings. The largest absolute Gasteiger partial charge is 0.769 e. The summed E-state index contributed by atoms with van der Waals surface area (Å²) in [7, 11) is 2.69. The van der Waals surface area contributed by atoms with Crippen LogP contribution in [0.15, 0.2) is 0 Å². The van der Waals surface area contributed by atoms with Gasteiger partial charge in [0, 0.05) is 0 Å². The van der Waals surface area contributed by atoms with Gasteiger partial charge in [-0.1, -0.05) is 4.57 Å². The molecule has 0 aromatic heterocycles. The Morgan fingerprint density at radius 2 is 2.25 bits per heavy atom. The van der Waals surface area contributed by atoms with Crippen LogP contribution in [0.1, 0.15) is 6.92 Å². The van der Waals surface area contributed by atoms with E-state index in [4.69, 9.17) is 7.57 Å². The molecule has 2 radical (unpaired) electrons. The first-order valence-electron chi connectivity index (χ1n) is 1.85. The van der Waals surface area contributed by atoms with Gasteiger partial charge in [0.05, 0.1) is 0 Å². The maximum absolute atomic E-state index is 10.1. The van der Waals surface area contributed by atoms with Crippen molar-refractivity contribution in [2.75, 3.05) is 0 Å². The molecule has 0 bridgehead atoms. The van der Waals surface area contributed by atoms with Crippen LogP contribution in [0.4, 0.5) is 0 Å². The van der Waals surface area contributed by atoms with Crippen molar-refractivity contribution in [1.82, 2.24) is 0 Å². The van der Waals surface area contributed by atoms with E-state index in [0.29, 0.717) is 0 Å². The van der Waals surface area contributed by atoms with Crippen LogP contribution in [0.25, 0.3) is 0 Å². The maximum atomic E-state index is 10.1. The third-order valence-electron chi connectivity index (χ3n) is 0.637. The molecular formula is C2H4BO3PS. The SMILES string of the molecule is [B][P+](=O)C(C)S(=O)[O-]. The Morgan fingerprint density at radius 3 is 2.25 bits per heavy atom. The average Bonchev–Trinajstić information content (AvgIpc) is 1.64. The molecule has 3 nitrogen and oxygen atoms in total. The van der Waals surface area contributed by atoms with Crippen molar-refractivity contribution in [3.63, 3.8) is 0 Å². The molecule has 0 N–H and O–H groups in total. The highest BCUT2D eigenvalue weighted by Gasteiger charge is 2.18. The Hall–Kier alpha value is 0.275. The lowest BCUT2D eigenvalue weighted by atomic mass is 10.8. The summed E-state index contributed by atoms with van der Waals surface area (Å²) < 4.78 is 29.9. The Balaban J connectivity index is 3.83. The van der Waals surface area contributed by atoms with Gasteiger partial charge in [0.15, 0.2) is 4.99 Å². The van der Waals surface area contributed by atoms with Crippen molar-refractivity contribution in [1.29, 1.82) is 0 Å². The summed E-state index contributed by atoms with van der Waals surface area (Å²) in [6, 6.07) is 0. The van der Waals surface area contributed by atoms with E-state index in [9.17, 15) is 13.3 Å². The Labute approximate surface area is 52.3 Å². The smallest absolute Gasteiger partial charge is 0.505 e. The molecule has 0 heterocycles. The van der Waals surface area contributed by atoms with Crippen molar-refractivity contribution in [3.05, 3.63) is 0 Å². The molecule has 3 unspecified atom stereocenters. The molecule has 0 aromatic carbocycles. The third-order valence-corrected chi connectivity index (χ3v) is 3.05. The highest BCUT2D eigenvalue weighted by atomic mass is 32.2. The van der Waals surface area contributed by atoms with Gasteiger partial charge in [-0.2, -0.15) is 0 Å². The first-order chi connectivity index (χ1) is 3.55. The van der Waals surface area contributed by atoms with Gasteiger partial charge >= 0.3 is 7.57 Å². The molecule has 8 heavy (non-hydrogen) atoms. The lowest BCUT2D eigenvalue weighted by Crippen LogP contribution is -2.03. The molecule has 0 rings (SSSR count). The molecule has 0 saturated heterocycles. The second-order valence-corrected chi connectivity index (χ2v) is 4.29. The predicted octanol–water partition coefficient (Wildman–Crippen LogP) is 0.122. The lowest BCUT2D eigenvalue weighted by molar-refractivity contribution is 0.533. The molecule has 0 saturated carbocycles. The van der Waals surface area contributed by atoms with Gasteiger partial charge < -0.3 is 4.55 Å². The van der Waals surface area contributed by atoms with Gasteiger partial charge in [-0.15, -0.1) is 0 Å². The van der Waals surface area contributed by atoms with E-state index >= 15 is 0 Å². The van der Waals surface area contributed by atoms with Gasteiger partial charge in [0.2, 0.25) is 0 Å². The zero-order valence-electron chi connectivity index (χ0n) is 4.23. The predicted molar refractivity (Wildman–Crippen MR) is 31.7 cm³/mol. The topological polar surface area (TPSA) is 57.2 Å². The van der Waals surface area contributed by atoms with Gasteiger partial charge in [0.25, 0.3) is 7.68 Å². The number of hydrogen-bond donors (Lipinski definition) is 0. The molecular weight excluding hydrogens is 146 g/mol. The zero-order valence-corrected chi connectivity index (χ0v) is 5.95. The van der Waals surface area contributed by atoms with E-state index in [1.807, 2.05) is 0 Å². The molecule has 0 fully saturated rings. The van der Waals surface area contributed by atoms with Crippen LogP contribution in [0.2, 0.25) is 0 Å². The monoisotopic (exact) mass is 150 g/mol. The summed E-state index contributed by atoms with van der Waals surface area (Å²) in [4.78, 5) is -0.926. The standard InChI is InChI=1S/C2H5BO3PS/c1-2(7(3)4)8(5)6/h2H,1H3,(H,5,6)/q+1/p-1. The molecule has 0 amide bonds. The van der Waals surface area contributed by atoms with E-state index in [-0.39, 0.29) is 0 Å². The summed E-state index contributed by atoms with van der Waals surface area (Å²) in [6.07, 6.45) is 0. The molecule has 0 aliphatic heterocycles. The van der Waals surface area contributed by atoms with E-state index in [2.05, 4.69) is 0 Å². The van der Waals surface area contributed by atoms with Crippen LogP contribution < -0.4 is 0 Å². The van der Waals surface area contributed by atoms with E-state index in [1.54, 1.807) is 0 Å². The van der Waals surface area contributed by atoms with Crippen molar-refractivity contribution in [3.8, 4) is 0 Å². The van der Waals surface area contributed by atoms with Crippen molar-refractivity contribution in [2.24, 2.45) is 0 Å². The summed E-state index contributed by atoms with van der Waals surface area (Å²) in [6.45, 7) is 1.29. The molecule has 0 aliphatic carbocycles. The summed E-state index contributed by atoms with van der Waals surface area (Å²) >= 11 is -2.30. The lowest BCUT2D eigenvalue weighted by Gasteiger charge is -2.01. The maximum Gasteiger partial charge on any atom is 0.505 e. The van der Waals surface area contributed by atoms with Gasteiger partial charge in [-0.05, 0) is 18.0 Å². The van der Waals surface area contributed by atoms with E-state index in [0.717, 1.165) is 0 Å². The highest BCUT2D eigenvalue weighted by Crippen LogP contribution is 2.22. The fourth-order valence-corrected chi connectivity index (χ4v) is 0.763. The first kappa shape index (κ1) is 8.27. The third kappa shape index (κ3) is 2.55. The second-order valence-electron chi connectivity index (χ2n) is 1.22. The van der Waals surface area contributed by atoms with Crippen molar-refractivity contribution in [2.45, 2.75) is 11.9 Å². The molecule has 3 atom stereocenters. The highest BCUT2D eigenvalue weighted by molar-refractivity contribution is 7.92. The minimum atomic E-state index is -2.30. The van der Waals surface area contributed by atoms with Crippen LogP contribution >= 0.6 is 7.68 Å². The van der Waals surface area contributed by atoms with Gasteiger partial charge in [0.1, 0.15) is 0 Å². The summed E-state index contributed by atoms with van der Waals surface area (Å²) in [5, 5.41) is 0. The second kappa shape index (κ2) is 3.33. The molecule has 44 valence electrons. The Morgan fingerprint density at radius 1 is 1.88 bits per heavy atom. The van der Waals surface area contributed by atoms with Crippen LogP contribution in [0, 0.1) is 0 Å².